The second-order valence-electron chi connectivity index (χ2n) is 9.55. The number of likely N-dealkylation sites (tertiary alicyclic amines) is 1. The number of hydrogen-bond acceptors (Lipinski definition) is 4. The highest BCUT2D eigenvalue weighted by Gasteiger charge is 2.34. The van der Waals surface area contributed by atoms with Gasteiger partial charge in [0.15, 0.2) is 0 Å². The quantitative estimate of drug-likeness (QED) is 0.679. The Morgan fingerprint density at radius 3 is 2.50 bits per heavy atom. The van der Waals surface area contributed by atoms with E-state index in [4.69, 9.17) is 4.74 Å². The summed E-state index contributed by atoms with van der Waals surface area (Å²) in [4.78, 5) is 19.8. The highest BCUT2D eigenvalue weighted by atomic mass is 19.1. The molecule has 0 radical (unpaired) electrons. The molecule has 1 aromatic rings. The van der Waals surface area contributed by atoms with Crippen molar-refractivity contribution in [3.63, 3.8) is 0 Å². The van der Waals surface area contributed by atoms with Crippen LogP contribution in [0, 0.1) is 11.7 Å². The summed E-state index contributed by atoms with van der Waals surface area (Å²) in [6.07, 6.45) is 2.11. The van der Waals surface area contributed by atoms with Crippen LogP contribution in [0.3, 0.4) is 0 Å². The Morgan fingerprint density at radius 2 is 1.87 bits per heavy atom. The highest BCUT2D eigenvalue weighted by Crippen LogP contribution is 2.22. The molecule has 2 aliphatic rings. The van der Waals surface area contributed by atoms with Gasteiger partial charge in [-0.1, -0.05) is 26.0 Å². The molecular weight excluding hydrogens is 381 g/mol. The fourth-order valence-electron chi connectivity index (χ4n) is 4.61. The van der Waals surface area contributed by atoms with Gasteiger partial charge in [0.1, 0.15) is 5.82 Å². The molecule has 1 amide bonds. The molecule has 1 atom stereocenters. The summed E-state index contributed by atoms with van der Waals surface area (Å²) in [5.41, 5.74) is 0.831. The van der Waals surface area contributed by atoms with Crippen LogP contribution in [0.4, 0.5) is 4.39 Å². The van der Waals surface area contributed by atoms with Crippen molar-refractivity contribution in [1.29, 1.82) is 0 Å². The maximum absolute atomic E-state index is 13.5. The van der Waals surface area contributed by atoms with Gasteiger partial charge in [-0.3, -0.25) is 9.69 Å². The van der Waals surface area contributed by atoms with Crippen molar-refractivity contribution in [3.8, 4) is 0 Å². The first-order valence-corrected chi connectivity index (χ1v) is 11.4. The van der Waals surface area contributed by atoms with Crippen LogP contribution in [-0.4, -0.2) is 78.1 Å². The van der Waals surface area contributed by atoms with Gasteiger partial charge >= 0.3 is 0 Å². The number of amides is 1. The van der Waals surface area contributed by atoms with Crippen molar-refractivity contribution in [2.45, 2.75) is 65.3 Å². The second kappa shape index (κ2) is 10.7. The van der Waals surface area contributed by atoms with Gasteiger partial charge in [-0.25, -0.2) is 4.39 Å². The summed E-state index contributed by atoms with van der Waals surface area (Å²) in [5, 5.41) is 0. The van der Waals surface area contributed by atoms with Crippen LogP contribution in [0.15, 0.2) is 24.3 Å². The Balaban J connectivity index is 1.67. The zero-order valence-electron chi connectivity index (χ0n) is 19.0. The third-order valence-corrected chi connectivity index (χ3v) is 6.26. The summed E-state index contributed by atoms with van der Waals surface area (Å²) in [7, 11) is 0. The Hall–Kier alpha value is -1.50. The molecule has 3 rings (SSSR count). The molecule has 0 bridgehead atoms. The van der Waals surface area contributed by atoms with Gasteiger partial charge in [0, 0.05) is 31.7 Å². The number of rotatable bonds is 7. The van der Waals surface area contributed by atoms with Gasteiger partial charge in [-0.15, -0.1) is 0 Å². The maximum atomic E-state index is 13.5. The number of nitrogens with zero attached hydrogens (tertiary/aromatic N) is 3. The summed E-state index contributed by atoms with van der Waals surface area (Å²) in [6.45, 7) is 13.9. The van der Waals surface area contributed by atoms with Gasteiger partial charge in [0.05, 0.1) is 19.3 Å². The first kappa shape index (κ1) is 23.2. The van der Waals surface area contributed by atoms with E-state index in [0.29, 0.717) is 37.7 Å². The van der Waals surface area contributed by atoms with Crippen molar-refractivity contribution in [2.75, 3.05) is 39.3 Å². The molecule has 0 spiro atoms. The van der Waals surface area contributed by atoms with Gasteiger partial charge < -0.3 is 14.5 Å². The van der Waals surface area contributed by atoms with E-state index < -0.39 is 0 Å². The minimum atomic E-state index is -0.243. The first-order chi connectivity index (χ1) is 14.3. The van der Waals surface area contributed by atoms with E-state index in [1.165, 1.54) is 12.1 Å². The predicted octanol–water partition coefficient (Wildman–Crippen LogP) is 3.38. The Morgan fingerprint density at radius 1 is 1.13 bits per heavy atom. The fourth-order valence-corrected chi connectivity index (χ4v) is 4.61. The lowest BCUT2D eigenvalue weighted by molar-refractivity contribution is -0.132. The molecule has 30 heavy (non-hydrogen) atoms. The molecule has 1 aromatic carbocycles. The molecule has 0 unspecified atom stereocenters. The third kappa shape index (κ3) is 6.50. The average Bonchev–Trinajstić information content (AvgIpc) is 2.85. The van der Waals surface area contributed by atoms with Crippen LogP contribution < -0.4 is 0 Å². The van der Waals surface area contributed by atoms with Gasteiger partial charge in [0.2, 0.25) is 5.91 Å². The molecule has 6 heteroatoms. The number of carbonyl (C=O) groups excluding carboxylic acids is 1. The molecule has 5 nitrogen and oxygen atoms in total. The molecule has 2 fully saturated rings. The molecule has 0 aromatic heterocycles. The fraction of sp³-hybridized carbons (Fsp3) is 0.708. The Labute approximate surface area is 181 Å². The molecule has 168 valence electrons. The van der Waals surface area contributed by atoms with E-state index in [0.717, 1.165) is 44.6 Å². The molecule has 0 aliphatic carbocycles. The van der Waals surface area contributed by atoms with Crippen LogP contribution in [0.2, 0.25) is 0 Å². The number of ether oxygens (including phenoxy) is 1. The minimum absolute atomic E-state index is 0.0680. The van der Waals surface area contributed by atoms with Crippen molar-refractivity contribution in [3.05, 3.63) is 35.6 Å². The monoisotopic (exact) mass is 419 g/mol. The molecular formula is C24H38FN3O2. The van der Waals surface area contributed by atoms with Gasteiger partial charge in [0.25, 0.3) is 0 Å². The van der Waals surface area contributed by atoms with Crippen LogP contribution in [-0.2, 0) is 16.1 Å². The number of hydrogen-bond donors (Lipinski definition) is 0. The first-order valence-electron chi connectivity index (χ1n) is 11.4. The Kier molecular flexibility index (Phi) is 8.26. The number of halogens is 1. The van der Waals surface area contributed by atoms with Crippen LogP contribution in [0.1, 0.15) is 46.1 Å². The number of piperidine rings is 1. The van der Waals surface area contributed by atoms with Crippen LogP contribution in [0.5, 0.6) is 0 Å². The largest absolute Gasteiger partial charge is 0.370 e. The topological polar surface area (TPSA) is 36.0 Å². The zero-order chi connectivity index (χ0) is 21.7. The molecule has 0 saturated carbocycles. The summed E-state index contributed by atoms with van der Waals surface area (Å²) in [5.74, 6) is 0.373. The van der Waals surface area contributed by atoms with E-state index in [2.05, 4.69) is 37.5 Å². The van der Waals surface area contributed by atoms with Crippen molar-refractivity contribution < 1.29 is 13.9 Å². The van der Waals surface area contributed by atoms with E-state index in [1.807, 2.05) is 11.0 Å². The second-order valence-corrected chi connectivity index (χ2v) is 9.55. The molecule has 0 N–H and O–H groups in total. The third-order valence-electron chi connectivity index (χ3n) is 6.26. The lowest BCUT2D eigenvalue weighted by Crippen LogP contribution is -2.49. The summed E-state index contributed by atoms with van der Waals surface area (Å²) >= 11 is 0. The molecule has 2 saturated heterocycles. The highest BCUT2D eigenvalue weighted by molar-refractivity contribution is 5.78. The average molecular weight is 420 g/mol. The minimum Gasteiger partial charge on any atom is -0.370 e. The van der Waals surface area contributed by atoms with Crippen LogP contribution >= 0.6 is 0 Å². The maximum Gasteiger partial charge on any atom is 0.236 e. The summed E-state index contributed by atoms with van der Waals surface area (Å²) in [6, 6.07) is 7.56. The van der Waals surface area contributed by atoms with Crippen molar-refractivity contribution in [2.24, 2.45) is 5.92 Å². The molecule has 2 aliphatic heterocycles. The smallest absolute Gasteiger partial charge is 0.236 e. The zero-order valence-corrected chi connectivity index (χ0v) is 19.0. The van der Waals surface area contributed by atoms with Crippen LogP contribution in [0.25, 0.3) is 0 Å². The van der Waals surface area contributed by atoms with Gasteiger partial charge in [-0.05, 0) is 63.4 Å². The van der Waals surface area contributed by atoms with Gasteiger partial charge in [-0.2, -0.15) is 0 Å². The number of benzene rings is 1. The number of carbonyl (C=O) groups is 1. The Bertz CT molecular complexity index is 689. The van der Waals surface area contributed by atoms with E-state index >= 15 is 0 Å². The normalized spacial score (nSPS) is 22.8. The standard InChI is InChI=1S/C24H38FN3O2/c1-18(2)13-28-15-23(30-17-20-6-5-7-21(25)12-20)14-27(16-24(28)29)22-8-10-26(11-9-22)19(3)4/h5-7,12,18-19,22-23H,8-11,13-17H2,1-4H3/t23-/m0/s1. The van der Waals surface area contributed by atoms with Crippen molar-refractivity contribution in [1.82, 2.24) is 14.7 Å². The lowest BCUT2D eigenvalue weighted by atomic mass is 10.0. The summed E-state index contributed by atoms with van der Waals surface area (Å²) < 4.78 is 19.8. The van der Waals surface area contributed by atoms with E-state index in [-0.39, 0.29) is 17.8 Å². The lowest BCUT2D eigenvalue weighted by Gasteiger charge is -2.39. The van der Waals surface area contributed by atoms with Crippen molar-refractivity contribution >= 4 is 5.91 Å². The SMILES string of the molecule is CC(C)CN1C[C@@H](OCc2cccc(F)c2)CN(C2CCN(C(C)C)CC2)CC1=O. The van der Waals surface area contributed by atoms with E-state index in [9.17, 15) is 9.18 Å². The molecule has 2 heterocycles. The predicted molar refractivity (Wildman–Crippen MR) is 118 cm³/mol. The van der Waals surface area contributed by atoms with E-state index in [1.54, 1.807) is 6.07 Å².